The van der Waals surface area contributed by atoms with Crippen LogP contribution in [0.25, 0.3) is 0 Å². The van der Waals surface area contributed by atoms with Gasteiger partial charge in [-0.15, -0.1) is 11.6 Å². The highest BCUT2D eigenvalue weighted by atomic mass is 35.5. The van der Waals surface area contributed by atoms with Crippen molar-refractivity contribution in [2.45, 2.75) is 11.8 Å². The Bertz CT molecular complexity index is 621. The third-order valence-electron chi connectivity index (χ3n) is 3.76. The van der Waals surface area contributed by atoms with Gasteiger partial charge in [-0.05, 0) is 48.9 Å². The molecule has 0 fully saturated rings. The summed E-state index contributed by atoms with van der Waals surface area (Å²) < 4.78 is 10.7. The number of benzene rings is 1. The molecule has 1 aromatic heterocycles. The molecule has 1 aliphatic heterocycles. The summed E-state index contributed by atoms with van der Waals surface area (Å²) in [5.74, 6) is 1.57. The third kappa shape index (κ3) is 3.70. The normalized spacial score (nSPS) is 14.3. The minimum absolute atomic E-state index is 0.0723. The Morgan fingerprint density at radius 3 is 2.77 bits per heavy atom. The number of aromatic nitrogens is 1. The van der Waals surface area contributed by atoms with E-state index in [1.807, 2.05) is 42.7 Å². The Hall–Kier alpha value is -1.78. The quantitative estimate of drug-likeness (QED) is 0.766. The van der Waals surface area contributed by atoms with Crippen molar-refractivity contribution in [1.29, 1.82) is 0 Å². The third-order valence-corrected chi connectivity index (χ3v) is 4.15. The van der Waals surface area contributed by atoms with E-state index in [4.69, 9.17) is 21.1 Å². The summed E-state index contributed by atoms with van der Waals surface area (Å²) >= 11 is 6.54. The second-order valence-electron chi connectivity index (χ2n) is 5.45. The van der Waals surface area contributed by atoms with Gasteiger partial charge in [0.05, 0.1) is 5.38 Å². The summed E-state index contributed by atoms with van der Waals surface area (Å²) in [4.78, 5) is 6.27. The van der Waals surface area contributed by atoms with Gasteiger partial charge >= 0.3 is 0 Å². The average molecular weight is 319 g/mol. The van der Waals surface area contributed by atoms with Crippen molar-refractivity contribution in [2.24, 2.45) is 0 Å². The van der Waals surface area contributed by atoms with Crippen LogP contribution in [0.3, 0.4) is 0 Å². The van der Waals surface area contributed by atoms with E-state index in [2.05, 4.69) is 16.9 Å². The van der Waals surface area contributed by atoms with E-state index in [0.717, 1.165) is 36.6 Å². The predicted octanol–water partition coefficient (Wildman–Crippen LogP) is 3.26. The summed E-state index contributed by atoms with van der Waals surface area (Å²) in [5.41, 5.74) is 2.35. The van der Waals surface area contributed by atoms with Gasteiger partial charge in [0, 0.05) is 25.5 Å². The summed E-state index contributed by atoms with van der Waals surface area (Å²) in [6, 6.07) is 9.98. The van der Waals surface area contributed by atoms with Gasteiger partial charge in [-0.25, -0.2) is 0 Å². The van der Waals surface area contributed by atoms with Crippen LogP contribution in [0.5, 0.6) is 11.5 Å². The second kappa shape index (κ2) is 6.99. The van der Waals surface area contributed by atoms with Crippen molar-refractivity contribution in [3.63, 3.8) is 0 Å². The number of nitrogens with zero attached hydrogens (tertiary/aromatic N) is 2. The molecule has 0 N–H and O–H groups in total. The topological polar surface area (TPSA) is 34.6 Å². The molecular weight excluding hydrogens is 300 g/mol. The zero-order valence-electron chi connectivity index (χ0n) is 12.5. The standard InChI is InChI=1S/C17H19ClN2O2/c1-20(9-6-13-4-7-19-8-5-13)11-15(18)14-2-3-16-17(10-14)22-12-21-16/h2-5,7-8,10,15H,6,9,11-12H2,1H3. The Morgan fingerprint density at radius 2 is 1.95 bits per heavy atom. The van der Waals surface area contributed by atoms with Crippen LogP contribution in [0.2, 0.25) is 0 Å². The van der Waals surface area contributed by atoms with Gasteiger partial charge in [0.15, 0.2) is 11.5 Å². The molecule has 2 aromatic rings. The summed E-state index contributed by atoms with van der Waals surface area (Å²) in [5, 5.41) is -0.0723. The molecule has 1 atom stereocenters. The van der Waals surface area contributed by atoms with Crippen molar-refractivity contribution < 1.29 is 9.47 Å². The fourth-order valence-electron chi connectivity index (χ4n) is 2.45. The van der Waals surface area contributed by atoms with Crippen molar-refractivity contribution in [3.05, 3.63) is 53.9 Å². The fourth-order valence-corrected chi connectivity index (χ4v) is 2.82. The Balaban J connectivity index is 1.53. The maximum absolute atomic E-state index is 6.54. The van der Waals surface area contributed by atoms with Crippen LogP contribution in [0.15, 0.2) is 42.7 Å². The lowest BCUT2D eigenvalue weighted by atomic mass is 10.1. The van der Waals surface area contributed by atoms with Crippen LogP contribution < -0.4 is 9.47 Å². The average Bonchev–Trinajstić information content (AvgIpc) is 3.01. The maximum Gasteiger partial charge on any atom is 0.231 e. The smallest absolute Gasteiger partial charge is 0.231 e. The van der Waals surface area contributed by atoms with Gasteiger partial charge in [-0.3, -0.25) is 4.98 Å². The van der Waals surface area contributed by atoms with Crippen LogP contribution >= 0.6 is 11.6 Å². The lowest BCUT2D eigenvalue weighted by Crippen LogP contribution is -2.25. The summed E-state index contributed by atoms with van der Waals surface area (Å²) in [6.07, 6.45) is 4.64. The van der Waals surface area contributed by atoms with Crippen molar-refractivity contribution in [2.75, 3.05) is 26.9 Å². The van der Waals surface area contributed by atoms with Crippen molar-refractivity contribution in [3.8, 4) is 11.5 Å². The first-order valence-electron chi connectivity index (χ1n) is 7.33. The SMILES string of the molecule is CN(CCc1ccncc1)CC(Cl)c1ccc2c(c1)OCO2. The van der Waals surface area contributed by atoms with E-state index in [0.29, 0.717) is 0 Å². The van der Waals surface area contributed by atoms with Gasteiger partial charge in [0.2, 0.25) is 6.79 Å². The first kappa shape index (κ1) is 15.1. The number of fused-ring (bicyclic) bond motifs is 1. The first-order chi connectivity index (χ1) is 10.7. The number of pyridine rings is 1. The zero-order chi connectivity index (χ0) is 15.4. The number of hydrogen-bond acceptors (Lipinski definition) is 4. The van der Waals surface area contributed by atoms with Gasteiger partial charge in [-0.1, -0.05) is 6.07 Å². The first-order valence-corrected chi connectivity index (χ1v) is 7.77. The molecule has 1 aliphatic rings. The van der Waals surface area contributed by atoms with E-state index in [1.54, 1.807) is 0 Å². The largest absolute Gasteiger partial charge is 0.454 e. The molecule has 0 spiro atoms. The monoisotopic (exact) mass is 318 g/mol. The Kier molecular flexibility index (Phi) is 4.80. The molecule has 5 heteroatoms. The molecule has 0 radical (unpaired) electrons. The molecule has 1 unspecified atom stereocenters. The van der Waals surface area contributed by atoms with Crippen LogP contribution in [-0.2, 0) is 6.42 Å². The zero-order valence-corrected chi connectivity index (χ0v) is 13.3. The van der Waals surface area contributed by atoms with E-state index in [1.165, 1.54) is 5.56 Å². The van der Waals surface area contributed by atoms with E-state index in [9.17, 15) is 0 Å². The lowest BCUT2D eigenvalue weighted by Gasteiger charge is -2.20. The van der Waals surface area contributed by atoms with E-state index >= 15 is 0 Å². The van der Waals surface area contributed by atoms with Gasteiger partial charge in [0.1, 0.15) is 0 Å². The predicted molar refractivity (Wildman–Crippen MR) is 86.6 cm³/mol. The van der Waals surface area contributed by atoms with Crippen LogP contribution in [0.4, 0.5) is 0 Å². The number of rotatable bonds is 6. The molecule has 2 heterocycles. The minimum Gasteiger partial charge on any atom is -0.454 e. The van der Waals surface area contributed by atoms with Crippen molar-refractivity contribution >= 4 is 11.6 Å². The molecule has 0 saturated heterocycles. The molecule has 0 aliphatic carbocycles. The molecule has 3 rings (SSSR count). The molecule has 116 valence electrons. The lowest BCUT2D eigenvalue weighted by molar-refractivity contribution is 0.174. The molecule has 22 heavy (non-hydrogen) atoms. The molecule has 0 bridgehead atoms. The minimum atomic E-state index is -0.0723. The highest BCUT2D eigenvalue weighted by Gasteiger charge is 2.17. The van der Waals surface area contributed by atoms with E-state index < -0.39 is 0 Å². The number of halogens is 1. The number of ether oxygens (including phenoxy) is 2. The maximum atomic E-state index is 6.54. The van der Waals surface area contributed by atoms with Crippen LogP contribution in [0, 0.1) is 0 Å². The second-order valence-corrected chi connectivity index (χ2v) is 5.97. The van der Waals surface area contributed by atoms with Crippen molar-refractivity contribution in [1.82, 2.24) is 9.88 Å². The number of hydrogen-bond donors (Lipinski definition) is 0. The molecule has 0 amide bonds. The molecule has 4 nitrogen and oxygen atoms in total. The van der Waals surface area contributed by atoms with Gasteiger partial charge in [-0.2, -0.15) is 0 Å². The summed E-state index contributed by atoms with van der Waals surface area (Å²) in [7, 11) is 2.09. The highest BCUT2D eigenvalue weighted by Crippen LogP contribution is 2.35. The van der Waals surface area contributed by atoms with Gasteiger partial charge < -0.3 is 14.4 Å². The van der Waals surface area contributed by atoms with Gasteiger partial charge in [0.25, 0.3) is 0 Å². The molecular formula is C17H19ClN2O2. The number of alkyl halides is 1. The molecule has 0 saturated carbocycles. The van der Waals surface area contributed by atoms with E-state index in [-0.39, 0.29) is 12.2 Å². The Labute approximate surface area is 135 Å². The highest BCUT2D eigenvalue weighted by molar-refractivity contribution is 6.21. The fraction of sp³-hybridized carbons (Fsp3) is 0.353. The summed E-state index contributed by atoms with van der Waals surface area (Å²) in [6.45, 7) is 2.03. The van der Waals surface area contributed by atoms with Crippen LogP contribution in [0.1, 0.15) is 16.5 Å². The molecule has 1 aromatic carbocycles. The Morgan fingerprint density at radius 1 is 1.18 bits per heavy atom. The van der Waals surface area contributed by atoms with Crippen LogP contribution in [-0.4, -0.2) is 36.8 Å². The number of likely N-dealkylation sites (N-methyl/N-ethyl adjacent to an activating group) is 1.